The molecule has 0 nitrogen and oxygen atoms in total. The quantitative estimate of drug-likeness (QED) is 0.500. The van der Waals surface area contributed by atoms with E-state index < -0.39 is 0 Å². The summed E-state index contributed by atoms with van der Waals surface area (Å²) in [5.74, 6) is 0. The monoisotopic (exact) mass is 314 g/mol. The highest BCUT2D eigenvalue weighted by atomic mass is 79.9. The summed E-state index contributed by atoms with van der Waals surface area (Å²) in [6.07, 6.45) is 7.82. The normalized spacial score (nSPS) is 11.0. The number of alkyl halides is 1. The fourth-order valence-corrected chi connectivity index (χ4v) is 2.37. The molecule has 1 heteroatoms. The first-order valence-electron chi connectivity index (χ1n) is 6.71. The number of hydrogen-bond acceptors (Lipinski definition) is 0. The molecule has 0 bridgehead atoms. The smallest absolute Gasteiger partial charge is 0.0283 e. The van der Waals surface area contributed by atoms with Crippen molar-refractivity contribution >= 4 is 15.9 Å². The van der Waals surface area contributed by atoms with Crippen LogP contribution in [-0.2, 0) is 18.2 Å². The zero-order valence-corrected chi connectivity index (χ0v) is 12.6. The van der Waals surface area contributed by atoms with E-state index in [2.05, 4.69) is 82.7 Å². The highest BCUT2D eigenvalue weighted by molar-refractivity contribution is 9.08. The van der Waals surface area contributed by atoms with Gasteiger partial charge in [-0.25, -0.2) is 0 Å². The Kier molecular flexibility index (Phi) is 5.90. The van der Waals surface area contributed by atoms with Crippen molar-refractivity contribution in [2.75, 3.05) is 0 Å². The first-order chi connectivity index (χ1) is 9.38. The van der Waals surface area contributed by atoms with Crippen molar-refractivity contribution < 1.29 is 0 Å². The standard InChI is InChI=1S/C18H19Br/c19-15-18-13-11-17(12-14-18)10-6-2-5-9-16-7-3-1-4-8-16/h1-4,6-8,11-14H,5,9-10,15H2. The number of halogens is 1. The van der Waals surface area contributed by atoms with Crippen molar-refractivity contribution in [2.24, 2.45) is 0 Å². The fraction of sp³-hybridized carbons (Fsp3) is 0.222. The fourth-order valence-electron chi connectivity index (χ4n) is 2.00. The highest BCUT2D eigenvalue weighted by Crippen LogP contribution is 2.09. The minimum atomic E-state index is 0.931. The average Bonchev–Trinajstić information content (AvgIpc) is 2.49. The molecule has 2 rings (SSSR count). The van der Waals surface area contributed by atoms with Gasteiger partial charge in [0, 0.05) is 5.33 Å². The van der Waals surface area contributed by atoms with Crippen LogP contribution in [0.5, 0.6) is 0 Å². The molecule has 0 amide bonds. The molecule has 0 radical (unpaired) electrons. The zero-order chi connectivity index (χ0) is 13.3. The molecular weight excluding hydrogens is 296 g/mol. The number of allylic oxidation sites excluding steroid dienone is 2. The number of benzene rings is 2. The van der Waals surface area contributed by atoms with E-state index in [0.717, 1.165) is 24.6 Å². The van der Waals surface area contributed by atoms with Gasteiger partial charge in [0.2, 0.25) is 0 Å². The Morgan fingerprint density at radius 1 is 0.737 bits per heavy atom. The maximum absolute atomic E-state index is 3.46. The summed E-state index contributed by atoms with van der Waals surface area (Å²) < 4.78 is 0. The Morgan fingerprint density at radius 2 is 1.42 bits per heavy atom. The second-order valence-corrected chi connectivity index (χ2v) is 5.21. The van der Waals surface area contributed by atoms with Gasteiger partial charge in [0.15, 0.2) is 0 Å². The molecule has 0 atom stereocenters. The van der Waals surface area contributed by atoms with Crippen molar-refractivity contribution in [3.8, 4) is 0 Å². The first-order valence-corrected chi connectivity index (χ1v) is 7.83. The molecule has 0 saturated carbocycles. The second-order valence-electron chi connectivity index (χ2n) is 4.65. The van der Waals surface area contributed by atoms with E-state index in [0.29, 0.717) is 0 Å². The highest BCUT2D eigenvalue weighted by Gasteiger charge is 1.92. The second kappa shape index (κ2) is 7.96. The van der Waals surface area contributed by atoms with Crippen LogP contribution in [0.4, 0.5) is 0 Å². The van der Waals surface area contributed by atoms with Crippen molar-refractivity contribution in [1.82, 2.24) is 0 Å². The third kappa shape index (κ3) is 5.04. The molecule has 0 spiro atoms. The Balaban J connectivity index is 1.74. The zero-order valence-electron chi connectivity index (χ0n) is 11.1. The van der Waals surface area contributed by atoms with E-state index in [1.165, 1.54) is 16.7 Å². The number of hydrogen-bond donors (Lipinski definition) is 0. The van der Waals surface area contributed by atoms with Crippen molar-refractivity contribution in [2.45, 2.75) is 24.6 Å². The molecule has 0 aliphatic rings. The van der Waals surface area contributed by atoms with E-state index in [1.807, 2.05) is 0 Å². The summed E-state index contributed by atoms with van der Waals surface area (Å²) >= 11 is 3.46. The van der Waals surface area contributed by atoms with Crippen molar-refractivity contribution in [1.29, 1.82) is 0 Å². The van der Waals surface area contributed by atoms with Crippen LogP contribution in [0.2, 0.25) is 0 Å². The van der Waals surface area contributed by atoms with Gasteiger partial charge in [-0.05, 0) is 36.0 Å². The van der Waals surface area contributed by atoms with Gasteiger partial charge in [-0.3, -0.25) is 0 Å². The van der Waals surface area contributed by atoms with Crippen LogP contribution in [0, 0.1) is 0 Å². The summed E-state index contributed by atoms with van der Waals surface area (Å²) in [4.78, 5) is 0. The first kappa shape index (κ1) is 14.1. The van der Waals surface area contributed by atoms with E-state index in [4.69, 9.17) is 0 Å². The minimum Gasteiger partial charge on any atom is -0.0879 e. The summed E-state index contributed by atoms with van der Waals surface area (Å²) in [5.41, 5.74) is 4.12. The predicted molar refractivity (Wildman–Crippen MR) is 86.7 cm³/mol. The molecule has 0 saturated heterocycles. The number of rotatable bonds is 6. The van der Waals surface area contributed by atoms with E-state index in [1.54, 1.807) is 0 Å². The SMILES string of the molecule is BrCc1ccc(CC=CCCc2ccccc2)cc1. The van der Waals surface area contributed by atoms with E-state index in [-0.39, 0.29) is 0 Å². The van der Waals surface area contributed by atoms with Crippen LogP contribution in [0.25, 0.3) is 0 Å². The van der Waals surface area contributed by atoms with E-state index in [9.17, 15) is 0 Å². The third-order valence-electron chi connectivity index (χ3n) is 3.14. The molecule has 0 fully saturated rings. The Morgan fingerprint density at radius 3 is 2.11 bits per heavy atom. The maximum atomic E-state index is 3.46. The topological polar surface area (TPSA) is 0 Å². The van der Waals surface area contributed by atoms with Crippen molar-refractivity contribution in [3.05, 3.63) is 83.4 Å². The van der Waals surface area contributed by atoms with Crippen LogP contribution < -0.4 is 0 Å². The van der Waals surface area contributed by atoms with Crippen LogP contribution in [-0.4, -0.2) is 0 Å². The van der Waals surface area contributed by atoms with Crippen LogP contribution in [0.3, 0.4) is 0 Å². The lowest BCUT2D eigenvalue weighted by Gasteiger charge is -1.99. The Hall–Kier alpha value is -1.34. The van der Waals surface area contributed by atoms with Crippen LogP contribution >= 0.6 is 15.9 Å². The molecule has 0 heterocycles. The maximum Gasteiger partial charge on any atom is 0.0283 e. The summed E-state index contributed by atoms with van der Waals surface area (Å²) in [6.45, 7) is 0. The van der Waals surface area contributed by atoms with Gasteiger partial charge in [0.05, 0.1) is 0 Å². The summed E-state index contributed by atoms with van der Waals surface area (Å²) in [5, 5.41) is 0.931. The summed E-state index contributed by atoms with van der Waals surface area (Å²) in [6, 6.07) is 19.4. The Labute approximate surface area is 124 Å². The largest absolute Gasteiger partial charge is 0.0879 e. The lowest BCUT2D eigenvalue weighted by atomic mass is 10.1. The molecule has 19 heavy (non-hydrogen) atoms. The van der Waals surface area contributed by atoms with Gasteiger partial charge in [0.25, 0.3) is 0 Å². The van der Waals surface area contributed by atoms with Crippen LogP contribution in [0.1, 0.15) is 23.1 Å². The molecule has 0 aliphatic heterocycles. The van der Waals surface area contributed by atoms with Gasteiger partial charge in [-0.1, -0.05) is 82.7 Å². The third-order valence-corrected chi connectivity index (χ3v) is 3.79. The molecule has 98 valence electrons. The number of aryl methyl sites for hydroxylation is 1. The van der Waals surface area contributed by atoms with Gasteiger partial charge in [-0.15, -0.1) is 0 Å². The predicted octanol–water partition coefficient (Wildman–Crippen LogP) is 5.31. The molecule has 0 aliphatic carbocycles. The molecular formula is C18H19Br. The lowest BCUT2D eigenvalue weighted by Crippen LogP contribution is -1.84. The lowest BCUT2D eigenvalue weighted by molar-refractivity contribution is 0.994. The molecule has 0 N–H and O–H groups in total. The average molecular weight is 315 g/mol. The molecule has 2 aromatic rings. The Bertz CT molecular complexity index is 497. The summed E-state index contributed by atoms with van der Waals surface area (Å²) in [7, 11) is 0. The minimum absolute atomic E-state index is 0.931. The van der Waals surface area contributed by atoms with Gasteiger partial charge in [0.1, 0.15) is 0 Å². The van der Waals surface area contributed by atoms with Crippen LogP contribution in [0.15, 0.2) is 66.7 Å². The van der Waals surface area contributed by atoms with E-state index >= 15 is 0 Å². The molecule has 2 aromatic carbocycles. The molecule has 0 aromatic heterocycles. The van der Waals surface area contributed by atoms with Gasteiger partial charge in [-0.2, -0.15) is 0 Å². The molecule has 0 unspecified atom stereocenters. The van der Waals surface area contributed by atoms with Gasteiger partial charge >= 0.3 is 0 Å². The van der Waals surface area contributed by atoms with Gasteiger partial charge < -0.3 is 0 Å². The van der Waals surface area contributed by atoms with Crippen molar-refractivity contribution in [3.63, 3.8) is 0 Å².